The molecule has 2 rings (SSSR count). The van der Waals surface area contributed by atoms with Crippen LogP contribution in [0.1, 0.15) is 31.2 Å². The van der Waals surface area contributed by atoms with Crippen LogP contribution in [0.25, 0.3) is 0 Å². The maximum atomic E-state index is 12.5. The first kappa shape index (κ1) is 20.9. The first-order valence-corrected chi connectivity index (χ1v) is 9.48. The minimum absolute atomic E-state index is 0. The molecule has 1 heterocycles. The maximum absolute atomic E-state index is 12.5. The smallest absolute Gasteiger partial charge is 0.243 e. The molecule has 24 heavy (non-hydrogen) atoms. The predicted octanol–water partition coefficient (Wildman–Crippen LogP) is 1.51. The van der Waals surface area contributed by atoms with Crippen LogP contribution < -0.4 is 10.6 Å². The third kappa shape index (κ3) is 5.73. The van der Waals surface area contributed by atoms with E-state index < -0.39 is 10.0 Å². The lowest BCUT2D eigenvalue weighted by atomic mass is 10.2. The number of halogens is 1. The normalized spacial score (nSPS) is 15.5. The van der Waals surface area contributed by atoms with Crippen LogP contribution in [0.2, 0.25) is 0 Å². The number of carbonyl (C=O) groups is 1. The first-order chi connectivity index (χ1) is 11.0. The van der Waals surface area contributed by atoms with Crippen molar-refractivity contribution in [3.05, 3.63) is 29.8 Å². The minimum Gasteiger partial charge on any atom is -0.352 e. The molecule has 0 unspecified atom stereocenters. The van der Waals surface area contributed by atoms with Crippen LogP contribution in [0.15, 0.2) is 29.2 Å². The van der Waals surface area contributed by atoms with Crippen molar-refractivity contribution >= 4 is 28.3 Å². The zero-order chi connectivity index (χ0) is 16.7. The summed E-state index contributed by atoms with van der Waals surface area (Å²) in [6.45, 7) is 2.25. The summed E-state index contributed by atoms with van der Waals surface area (Å²) in [5, 5.41) is 5.74. The van der Waals surface area contributed by atoms with Crippen molar-refractivity contribution in [3.8, 4) is 0 Å². The van der Waals surface area contributed by atoms with E-state index in [1.165, 1.54) is 0 Å². The van der Waals surface area contributed by atoms with Crippen LogP contribution in [0, 0.1) is 0 Å². The topological polar surface area (TPSA) is 78.5 Å². The van der Waals surface area contributed by atoms with Gasteiger partial charge in [-0.1, -0.05) is 18.6 Å². The Bertz CT molecular complexity index is 614. The molecule has 1 aromatic carbocycles. The van der Waals surface area contributed by atoms with Gasteiger partial charge in [-0.25, -0.2) is 8.42 Å². The lowest BCUT2D eigenvalue weighted by molar-refractivity contribution is -0.121. The monoisotopic (exact) mass is 375 g/mol. The number of carbonyl (C=O) groups excluding carboxylic acids is 1. The molecule has 2 N–H and O–H groups in total. The minimum atomic E-state index is -3.38. The zero-order valence-corrected chi connectivity index (χ0v) is 15.6. The van der Waals surface area contributed by atoms with E-state index in [2.05, 4.69) is 10.6 Å². The van der Waals surface area contributed by atoms with E-state index in [1.54, 1.807) is 35.6 Å². The molecule has 0 bridgehead atoms. The summed E-state index contributed by atoms with van der Waals surface area (Å²) in [4.78, 5) is 11.9. The van der Waals surface area contributed by atoms with Crippen molar-refractivity contribution in [2.45, 2.75) is 37.1 Å². The third-order valence-electron chi connectivity index (χ3n) is 3.97. The molecule has 0 radical (unpaired) electrons. The molecule has 8 heteroatoms. The lowest BCUT2D eigenvalue weighted by Crippen LogP contribution is -2.35. The van der Waals surface area contributed by atoms with Crippen molar-refractivity contribution < 1.29 is 13.2 Å². The average Bonchev–Trinajstić information content (AvgIpc) is 2.59. The van der Waals surface area contributed by atoms with Crippen LogP contribution in [-0.2, 0) is 21.4 Å². The number of hydrogen-bond acceptors (Lipinski definition) is 4. The number of nitrogens with zero attached hydrogens (tertiary/aromatic N) is 1. The Morgan fingerprint density at radius 1 is 1.12 bits per heavy atom. The Balaban J connectivity index is 0.00000288. The van der Waals surface area contributed by atoms with Crippen LogP contribution >= 0.6 is 12.4 Å². The van der Waals surface area contributed by atoms with E-state index in [-0.39, 0.29) is 18.3 Å². The molecule has 0 atom stereocenters. The van der Waals surface area contributed by atoms with Crippen molar-refractivity contribution in [2.24, 2.45) is 0 Å². The molecule has 1 fully saturated rings. The van der Waals surface area contributed by atoms with Crippen molar-refractivity contribution in [1.29, 1.82) is 0 Å². The number of piperidine rings is 1. The largest absolute Gasteiger partial charge is 0.352 e. The van der Waals surface area contributed by atoms with Gasteiger partial charge in [0, 0.05) is 32.6 Å². The highest BCUT2D eigenvalue weighted by Crippen LogP contribution is 2.20. The van der Waals surface area contributed by atoms with Crippen molar-refractivity contribution in [3.63, 3.8) is 0 Å². The summed E-state index contributed by atoms with van der Waals surface area (Å²) < 4.78 is 26.6. The van der Waals surface area contributed by atoms with Gasteiger partial charge in [0.05, 0.1) is 4.90 Å². The number of nitrogens with one attached hydrogen (secondary N) is 2. The summed E-state index contributed by atoms with van der Waals surface area (Å²) in [5.41, 5.74) is 0.889. The van der Waals surface area contributed by atoms with Crippen molar-refractivity contribution in [2.75, 3.05) is 26.7 Å². The van der Waals surface area contributed by atoms with E-state index in [0.29, 0.717) is 37.5 Å². The Morgan fingerprint density at radius 2 is 1.75 bits per heavy atom. The second kappa shape index (κ2) is 9.98. The van der Waals surface area contributed by atoms with Gasteiger partial charge in [-0.2, -0.15) is 4.31 Å². The lowest BCUT2D eigenvalue weighted by Gasteiger charge is -2.25. The van der Waals surface area contributed by atoms with E-state index >= 15 is 0 Å². The van der Waals surface area contributed by atoms with Gasteiger partial charge >= 0.3 is 0 Å². The summed E-state index contributed by atoms with van der Waals surface area (Å²) in [5.74, 6) is -0.0237. The Hall–Kier alpha value is -1.15. The van der Waals surface area contributed by atoms with Gasteiger partial charge in [-0.15, -0.1) is 12.4 Å². The number of sulfonamides is 1. The molecule has 1 amide bonds. The molecule has 1 saturated heterocycles. The highest BCUT2D eigenvalue weighted by molar-refractivity contribution is 7.89. The Kier molecular flexibility index (Phi) is 8.69. The second-order valence-corrected chi connectivity index (χ2v) is 7.68. The molecule has 0 aromatic heterocycles. The van der Waals surface area contributed by atoms with Gasteiger partial charge in [0.1, 0.15) is 0 Å². The molecule has 1 aliphatic heterocycles. The second-order valence-electron chi connectivity index (χ2n) is 5.74. The SMILES string of the molecule is CNCCC(=O)NCc1ccc(S(=O)(=O)N2CCCCC2)cc1.Cl. The molecule has 1 aromatic rings. The highest BCUT2D eigenvalue weighted by Gasteiger charge is 2.25. The van der Waals surface area contributed by atoms with Gasteiger partial charge < -0.3 is 10.6 Å². The molecule has 0 spiro atoms. The number of benzene rings is 1. The van der Waals surface area contributed by atoms with Crippen LogP contribution in [0.4, 0.5) is 0 Å². The van der Waals surface area contributed by atoms with E-state index in [4.69, 9.17) is 0 Å². The van der Waals surface area contributed by atoms with E-state index in [0.717, 1.165) is 24.8 Å². The van der Waals surface area contributed by atoms with Gasteiger partial charge in [0.25, 0.3) is 0 Å². The third-order valence-corrected chi connectivity index (χ3v) is 5.88. The summed E-state index contributed by atoms with van der Waals surface area (Å²) in [7, 11) is -1.58. The van der Waals surface area contributed by atoms with Crippen molar-refractivity contribution in [1.82, 2.24) is 14.9 Å². The van der Waals surface area contributed by atoms with Crippen LogP contribution in [-0.4, -0.2) is 45.3 Å². The first-order valence-electron chi connectivity index (χ1n) is 8.04. The maximum Gasteiger partial charge on any atom is 0.243 e. The molecule has 136 valence electrons. The van der Waals surface area contributed by atoms with Gasteiger partial charge in [0.15, 0.2) is 0 Å². The molecule has 6 nitrogen and oxygen atoms in total. The van der Waals surface area contributed by atoms with Gasteiger partial charge in [0.2, 0.25) is 15.9 Å². The standard InChI is InChI=1S/C16H25N3O3S.ClH/c1-17-10-9-16(20)18-13-14-5-7-15(8-6-14)23(21,22)19-11-3-2-4-12-19;/h5-8,17H,2-4,9-13H2,1H3,(H,18,20);1H. The molecule has 0 saturated carbocycles. The highest BCUT2D eigenvalue weighted by atomic mass is 35.5. The number of amides is 1. The van der Waals surface area contributed by atoms with E-state index in [1.807, 2.05) is 0 Å². The fraction of sp³-hybridized carbons (Fsp3) is 0.562. The molecule has 0 aliphatic carbocycles. The molecular formula is C16H26ClN3O3S. The fourth-order valence-electron chi connectivity index (χ4n) is 2.56. The quantitative estimate of drug-likeness (QED) is 0.757. The average molecular weight is 376 g/mol. The van der Waals surface area contributed by atoms with Crippen LogP contribution in [0.3, 0.4) is 0 Å². The zero-order valence-electron chi connectivity index (χ0n) is 14.0. The molecular weight excluding hydrogens is 350 g/mol. The summed E-state index contributed by atoms with van der Waals surface area (Å²) in [6.07, 6.45) is 3.38. The Morgan fingerprint density at radius 3 is 2.33 bits per heavy atom. The predicted molar refractivity (Wildman–Crippen MR) is 96.7 cm³/mol. The van der Waals surface area contributed by atoms with Crippen LogP contribution in [0.5, 0.6) is 0 Å². The Labute approximate surface area is 150 Å². The van der Waals surface area contributed by atoms with Gasteiger partial charge in [-0.05, 0) is 37.6 Å². The van der Waals surface area contributed by atoms with Gasteiger partial charge in [-0.3, -0.25) is 4.79 Å². The summed E-state index contributed by atoms with van der Waals surface area (Å²) >= 11 is 0. The molecule has 1 aliphatic rings. The number of rotatable bonds is 7. The van der Waals surface area contributed by atoms with E-state index in [9.17, 15) is 13.2 Å². The summed E-state index contributed by atoms with van der Waals surface area (Å²) in [6, 6.07) is 6.77. The fourth-order valence-corrected chi connectivity index (χ4v) is 4.08. The number of hydrogen-bond donors (Lipinski definition) is 2.